The summed E-state index contributed by atoms with van der Waals surface area (Å²) in [5, 5.41) is 64.5. The molecule has 2 fully saturated rings. The molecule has 3 aliphatic carbocycles. The minimum absolute atomic E-state index is 0.0287. The highest BCUT2D eigenvalue weighted by Crippen LogP contribution is 2.67. The van der Waals surface area contributed by atoms with Gasteiger partial charge in [-0.2, -0.15) is 0 Å². The van der Waals surface area contributed by atoms with Crippen LogP contribution in [0.3, 0.4) is 0 Å². The fraction of sp³-hybridized carbons (Fsp3) is 0.554. The minimum atomic E-state index is -1.27. The number of hydrogen-bond acceptors (Lipinski definition) is 10. The van der Waals surface area contributed by atoms with Crippen LogP contribution in [-0.4, -0.2) is 103 Å². The number of rotatable bonds is 19. The van der Waals surface area contributed by atoms with Gasteiger partial charge >= 0.3 is 0 Å². The monoisotopic (exact) mass is 907 g/mol. The third-order valence-corrected chi connectivity index (χ3v) is 15.8. The highest BCUT2D eigenvalue weighted by Gasteiger charge is 2.68. The van der Waals surface area contributed by atoms with Crippen LogP contribution in [0.5, 0.6) is 0 Å². The van der Waals surface area contributed by atoms with Crippen LogP contribution < -0.4 is 10.6 Å². The summed E-state index contributed by atoms with van der Waals surface area (Å²) in [4.78, 5) is 12.5. The molecule has 2 aromatic carbocycles. The van der Waals surface area contributed by atoms with Crippen molar-refractivity contribution in [1.82, 2.24) is 10.6 Å². The summed E-state index contributed by atoms with van der Waals surface area (Å²) < 4.78 is 11.2. The van der Waals surface area contributed by atoms with Crippen LogP contribution in [0.4, 0.5) is 0 Å². The SMILES string of the molecule is C=C(/C=C/C=C(/COCO)[C@@H]1CC[C@]2([C@@H]1O)[C@@H]1C(=C(C)C=O)[C@@H](C=C[C@H]1CCO)C[C@]2(O)CCNC)[C@@H]1C/C=C(\C)[C@@H](O)N[C@](C)(CCOC)Cc2cccc(c2)[C@H]1CCc1ccccc1. The molecule has 2 aromatic rings. The van der Waals surface area contributed by atoms with Crippen molar-refractivity contribution in [3.63, 3.8) is 0 Å². The lowest BCUT2D eigenvalue weighted by Crippen LogP contribution is -2.65. The van der Waals surface area contributed by atoms with Gasteiger partial charge in [0.1, 0.15) is 19.3 Å². The van der Waals surface area contributed by atoms with E-state index in [9.17, 15) is 30.3 Å². The van der Waals surface area contributed by atoms with E-state index in [1.54, 1.807) is 7.11 Å². The van der Waals surface area contributed by atoms with E-state index in [0.29, 0.717) is 63.7 Å². The molecular formula is C56H78N2O8. The van der Waals surface area contributed by atoms with E-state index in [-0.39, 0.29) is 42.8 Å². The zero-order chi connectivity index (χ0) is 47.5. The molecule has 66 heavy (non-hydrogen) atoms. The number of ether oxygens (including phenoxy) is 2. The maximum absolute atomic E-state index is 13.0. The van der Waals surface area contributed by atoms with Crippen molar-refractivity contribution in [3.8, 4) is 0 Å². The van der Waals surface area contributed by atoms with Crippen LogP contribution in [0, 0.1) is 35.0 Å². The van der Waals surface area contributed by atoms with Crippen molar-refractivity contribution < 1.29 is 39.8 Å². The second kappa shape index (κ2) is 23.5. The molecule has 6 rings (SSSR count). The van der Waals surface area contributed by atoms with Gasteiger partial charge in [0.2, 0.25) is 0 Å². The van der Waals surface area contributed by atoms with Crippen LogP contribution in [0.2, 0.25) is 0 Å². The molecule has 4 aliphatic rings. The normalized spacial score (nSPS) is 34.2. The number of aliphatic hydroxyl groups excluding tert-OH is 4. The number of fused-ring (bicyclic) bond motifs is 5. The third-order valence-electron chi connectivity index (χ3n) is 15.8. The second-order valence-electron chi connectivity index (χ2n) is 20.0. The summed E-state index contributed by atoms with van der Waals surface area (Å²) in [6.45, 7) is 11.3. The lowest BCUT2D eigenvalue weighted by atomic mass is 9.45. The van der Waals surface area contributed by atoms with Crippen LogP contribution in [0.25, 0.3) is 0 Å². The van der Waals surface area contributed by atoms with Gasteiger partial charge in [-0.25, -0.2) is 0 Å². The summed E-state index contributed by atoms with van der Waals surface area (Å²) in [6, 6.07) is 19.4. The number of hydrogen-bond donors (Lipinski definition) is 7. The smallest absolute Gasteiger partial charge is 0.145 e. The number of methoxy groups -OCH3 is 1. The number of allylic oxidation sites excluding steroid dienone is 9. The van der Waals surface area contributed by atoms with Crippen molar-refractivity contribution in [2.45, 2.75) is 114 Å². The number of aliphatic hydroxyl groups is 5. The Labute approximate surface area is 394 Å². The van der Waals surface area contributed by atoms with Gasteiger partial charge in [0.15, 0.2) is 0 Å². The summed E-state index contributed by atoms with van der Waals surface area (Å²) in [6.07, 6.45) is 17.6. The molecule has 10 nitrogen and oxygen atoms in total. The lowest BCUT2D eigenvalue weighted by Gasteiger charge is -2.61. The van der Waals surface area contributed by atoms with Crippen molar-refractivity contribution in [2.24, 2.45) is 35.0 Å². The highest BCUT2D eigenvalue weighted by molar-refractivity contribution is 5.74. The molecule has 11 atom stereocenters. The summed E-state index contributed by atoms with van der Waals surface area (Å²) in [7, 11) is 3.57. The van der Waals surface area contributed by atoms with Gasteiger partial charge in [-0.3, -0.25) is 10.1 Å². The predicted octanol–water partition coefficient (Wildman–Crippen LogP) is 7.44. The maximum Gasteiger partial charge on any atom is 0.145 e. The summed E-state index contributed by atoms with van der Waals surface area (Å²) in [5.74, 6) is -1.03. The van der Waals surface area contributed by atoms with Crippen LogP contribution in [0.15, 0.2) is 125 Å². The zero-order valence-corrected chi connectivity index (χ0v) is 40.1. The Bertz CT molecular complexity index is 2090. The van der Waals surface area contributed by atoms with Gasteiger partial charge < -0.3 is 40.3 Å². The Morgan fingerprint density at radius 1 is 1.05 bits per heavy atom. The molecule has 1 heterocycles. The Hall–Kier alpha value is -3.81. The Morgan fingerprint density at radius 3 is 2.55 bits per heavy atom. The van der Waals surface area contributed by atoms with E-state index in [4.69, 9.17) is 16.1 Å². The Kier molecular flexibility index (Phi) is 18.3. The van der Waals surface area contributed by atoms with E-state index in [0.717, 1.165) is 47.8 Å². The number of nitrogens with one attached hydrogen (secondary N) is 2. The summed E-state index contributed by atoms with van der Waals surface area (Å²) in [5.41, 5.74) is 5.16. The largest absolute Gasteiger partial charge is 0.396 e. The standard InChI is InChI=1S/C56H78N2O8/c1-38(47-22-18-39(2)53(63)58-54(4,28-31-65-6)33-42-15-11-16-44(32-42)48(47)23-19-41-13-8-7-9-14-41)12-10-17-46(36-66-37-61)49-24-26-56(52(49)62)51-43(25-30-59)20-21-45(50(51)40(3)35-60)34-55(56,64)27-29-57-5/h7-18,20-21,32,35,43,45,47-49,51-53,57-59,61-64H,1,19,22-31,33-34,36-37H2,2-6H3/b12-10+,39-18+,46-17-,50-40?/t43-,45-,47-,48+,49-,51-,52+,53+,54+,55+,56+/m0/s1. The average Bonchev–Trinajstić information content (AvgIpc) is 3.66. The quantitative estimate of drug-likeness (QED) is 0.0248. The molecule has 360 valence electrons. The van der Waals surface area contributed by atoms with E-state index >= 15 is 0 Å². The van der Waals surface area contributed by atoms with Gasteiger partial charge in [-0.05, 0) is 156 Å². The van der Waals surface area contributed by atoms with Gasteiger partial charge in [0, 0.05) is 43.1 Å². The minimum Gasteiger partial charge on any atom is -0.396 e. The van der Waals surface area contributed by atoms with Crippen molar-refractivity contribution >= 4 is 6.29 Å². The zero-order valence-electron chi connectivity index (χ0n) is 40.1. The third kappa shape index (κ3) is 11.4. The van der Waals surface area contributed by atoms with Crippen molar-refractivity contribution in [3.05, 3.63) is 142 Å². The fourth-order valence-corrected chi connectivity index (χ4v) is 12.4. The molecule has 0 amide bonds. The number of benzene rings is 2. The Morgan fingerprint density at radius 2 is 1.83 bits per heavy atom. The van der Waals surface area contributed by atoms with E-state index in [2.05, 4.69) is 90.4 Å². The van der Waals surface area contributed by atoms with Crippen LogP contribution in [0.1, 0.15) is 94.7 Å². The van der Waals surface area contributed by atoms with Gasteiger partial charge in [-0.15, -0.1) is 0 Å². The number of aryl methyl sites for hydroxylation is 1. The van der Waals surface area contributed by atoms with Crippen LogP contribution >= 0.6 is 0 Å². The van der Waals surface area contributed by atoms with Gasteiger partial charge in [-0.1, -0.05) is 109 Å². The maximum atomic E-state index is 13.0. The molecule has 7 N–H and O–H groups in total. The predicted molar refractivity (Wildman–Crippen MR) is 262 cm³/mol. The van der Waals surface area contributed by atoms with Crippen molar-refractivity contribution in [2.75, 3.05) is 47.3 Å². The first-order valence-electron chi connectivity index (χ1n) is 24.3. The highest BCUT2D eigenvalue weighted by atomic mass is 16.6. The molecule has 2 saturated carbocycles. The average molecular weight is 907 g/mol. The van der Waals surface area contributed by atoms with E-state index in [1.165, 1.54) is 16.7 Å². The van der Waals surface area contributed by atoms with Gasteiger partial charge in [0.25, 0.3) is 0 Å². The first-order valence-corrected chi connectivity index (χ1v) is 24.3. The van der Waals surface area contributed by atoms with E-state index < -0.39 is 41.6 Å². The number of carbonyl (C=O) groups excluding carboxylic acids is 1. The topological polar surface area (TPSA) is 161 Å². The molecular weight excluding hydrogens is 829 g/mol. The summed E-state index contributed by atoms with van der Waals surface area (Å²) >= 11 is 0. The second-order valence-corrected chi connectivity index (χ2v) is 20.0. The molecule has 1 aliphatic heterocycles. The lowest BCUT2D eigenvalue weighted by molar-refractivity contribution is -0.194. The molecule has 0 unspecified atom stereocenters. The molecule has 0 aromatic heterocycles. The first kappa shape index (κ1) is 51.6. The Balaban J connectivity index is 1.38. The molecule has 10 heteroatoms. The fourth-order valence-electron chi connectivity index (χ4n) is 12.4. The molecule has 4 bridgehead atoms. The molecule has 0 saturated heterocycles. The molecule has 1 spiro atoms. The number of carbonyl (C=O) groups is 1. The molecule has 0 radical (unpaired) electrons. The van der Waals surface area contributed by atoms with Crippen LogP contribution in [-0.2, 0) is 27.1 Å². The van der Waals surface area contributed by atoms with E-state index in [1.807, 2.05) is 39.1 Å². The first-order chi connectivity index (χ1) is 31.8. The van der Waals surface area contributed by atoms with Crippen molar-refractivity contribution in [1.29, 1.82) is 0 Å². The van der Waals surface area contributed by atoms with Gasteiger partial charge in [0.05, 0.1) is 18.3 Å². The number of aldehydes is 1.